The Balaban J connectivity index is 1.83. The third kappa shape index (κ3) is 4.50. The number of nitrogens with one attached hydrogen (secondary N) is 1. The minimum absolute atomic E-state index is 0.0653. The maximum Gasteiger partial charge on any atom is 0.225 e. The second kappa shape index (κ2) is 6.73. The third-order valence-electron chi connectivity index (χ3n) is 4.01. The first-order chi connectivity index (χ1) is 10.3. The predicted molar refractivity (Wildman–Crippen MR) is 82.3 cm³/mol. The van der Waals surface area contributed by atoms with E-state index in [2.05, 4.69) is 10.2 Å². The van der Waals surface area contributed by atoms with E-state index in [0.29, 0.717) is 12.1 Å². The summed E-state index contributed by atoms with van der Waals surface area (Å²) >= 11 is 0. The van der Waals surface area contributed by atoms with Gasteiger partial charge in [0.05, 0.1) is 0 Å². The Morgan fingerprint density at radius 3 is 2.45 bits per heavy atom. The van der Waals surface area contributed by atoms with Gasteiger partial charge in [0, 0.05) is 42.7 Å². The van der Waals surface area contributed by atoms with Crippen molar-refractivity contribution in [2.75, 3.05) is 13.1 Å². The Morgan fingerprint density at radius 1 is 1.27 bits per heavy atom. The van der Waals surface area contributed by atoms with Gasteiger partial charge in [0.1, 0.15) is 11.6 Å². The molecule has 0 atom stereocenters. The Labute approximate surface area is 130 Å². The third-order valence-corrected chi connectivity index (χ3v) is 4.01. The molecule has 122 valence electrons. The minimum atomic E-state index is -0.551. The highest BCUT2D eigenvalue weighted by Crippen LogP contribution is 2.19. The molecular formula is C17H24F2N2O. The SMILES string of the molecule is CC(C)(C)C(=O)NC1CCN(Cc2ccc(F)cc2F)CC1. The second-order valence-electron chi connectivity index (χ2n) is 7.01. The van der Waals surface area contributed by atoms with E-state index in [4.69, 9.17) is 0 Å². The molecule has 0 aromatic heterocycles. The normalized spacial score (nSPS) is 17.5. The zero-order valence-corrected chi connectivity index (χ0v) is 13.5. The van der Waals surface area contributed by atoms with Crippen LogP contribution in [0.1, 0.15) is 39.2 Å². The fraction of sp³-hybridized carbons (Fsp3) is 0.588. The number of hydrogen-bond acceptors (Lipinski definition) is 2. The van der Waals surface area contributed by atoms with Crippen LogP contribution < -0.4 is 5.32 Å². The molecule has 2 rings (SSSR count). The summed E-state index contributed by atoms with van der Waals surface area (Å²) in [5.41, 5.74) is 0.132. The van der Waals surface area contributed by atoms with Crippen LogP contribution in [-0.4, -0.2) is 29.9 Å². The molecule has 0 aliphatic carbocycles. The Hall–Kier alpha value is -1.49. The average molecular weight is 310 g/mol. The summed E-state index contributed by atoms with van der Waals surface area (Å²) in [7, 11) is 0. The average Bonchev–Trinajstić information content (AvgIpc) is 2.43. The Morgan fingerprint density at radius 2 is 1.91 bits per heavy atom. The topological polar surface area (TPSA) is 32.3 Å². The van der Waals surface area contributed by atoms with Crippen molar-refractivity contribution < 1.29 is 13.6 Å². The molecular weight excluding hydrogens is 286 g/mol. The van der Waals surface area contributed by atoms with Crippen LogP contribution in [0.15, 0.2) is 18.2 Å². The predicted octanol–water partition coefficient (Wildman–Crippen LogP) is 3.09. The lowest BCUT2D eigenvalue weighted by Gasteiger charge is -2.33. The molecule has 1 aliphatic heterocycles. The molecule has 1 fully saturated rings. The number of likely N-dealkylation sites (tertiary alicyclic amines) is 1. The number of halogens is 2. The van der Waals surface area contributed by atoms with Gasteiger partial charge >= 0.3 is 0 Å². The maximum absolute atomic E-state index is 13.7. The van der Waals surface area contributed by atoms with Crippen molar-refractivity contribution in [1.82, 2.24) is 10.2 Å². The van der Waals surface area contributed by atoms with Gasteiger partial charge in [-0.15, -0.1) is 0 Å². The van der Waals surface area contributed by atoms with E-state index < -0.39 is 11.6 Å². The quantitative estimate of drug-likeness (QED) is 0.930. The highest BCUT2D eigenvalue weighted by atomic mass is 19.1. The highest BCUT2D eigenvalue weighted by Gasteiger charge is 2.26. The molecule has 5 heteroatoms. The standard InChI is InChI=1S/C17H24F2N2O/c1-17(2,3)16(22)20-14-6-8-21(9-7-14)11-12-4-5-13(18)10-15(12)19/h4-5,10,14H,6-9,11H2,1-3H3,(H,20,22). The van der Waals surface area contributed by atoms with Gasteiger partial charge in [-0.25, -0.2) is 8.78 Å². The maximum atomic E-state index is 13.7. The zero-order chi connectivity index (χ0) is 16.3. The van der Waals surface area contributed by atoms with E-state index in [1.807, 2.05) is 20.8 Å². The summed E-state index contributed by atoms with van der Waals surface area (Å²) in [5, 5.41) is 3.07. The van der Waals surface area contributed by atoms with Gasteiger partial charge < -0.3 is 5.32 Å². The lowest BCUT2D eigenvalue weighted by Crippen LogP contribution is -2.47. The molecule has 1 amide bonds. The van der Waals surface area contributed by atoms with Crippen molar-refractivity contribution in [2.45, 2.75) is 46.2 Å². The molecule has 1 aromatic rings. The van der Waals surface area contributed by atoms with Crippen LogP contribution in [0.5, 0.6) is 0 Å². The first-order valence-electron chi connectivity index (χ1n) is 7.73. The molecule has 1 saturated heterocycles. The van der Waals surface area contributed by atoms with E-state index in [0.717, 1.165) is 32.0 Å². The fourth-order valence-corrected chi connectivity index (χ4v) is 2.53. The molecule has 22 heavy (non-hydrogen) atoms. The Bertz CT molecular complexity index is 532. The van der Waals surface area contributed by atoms with Crippen molar-refractivity contribution in [2.24, 2.45) is 5.41 Å². The monoisotopic (exact) mass is 310 g/mol. The number of amides is 1. The van der Waals surface area contributed by atoms with Gasteiger partial charge in [-0.05, 0) is 18.9 Å². The van der Waals surface area contributed by atoms with E-state index in [-0.39, 0.29) is 17.4 Å². The Kier molecular flexibility index (Phi) is 5.16. The van der Waals surface area contributed by atoms with Crippen molar-refractivity contribution in [3.63, 3.8) is 0 Å². The summed E-state index contributed by atoms with van der Waals surface area (Å²) in [6, 6.07) is 3.89. The molecule has 0 saturated carbocycles. The van der Waals surface area contributed by atoms with E-state index in [9.17, 15) is 13.6 Å². The molecule has 1 N–H and O–H groups in total. The number of carbonyl (C=O) groups excluding carboxylic acids is 1. The van der Waals surface area contributed by atoms with Crippen LogP contribution in [0.25, 0.3) is 0 Å². The van der Waals surface area contributed by atoms with Crippen LogP contribution in [-0.2, 0) is 11.3 Å². The molecule has 0 bridgehead atoms. The molecule has 0 unspecified atom stereocenters. The van der Waals surface area contributed by atoms with Gasteiger partial charge in [0.15, 0.2) is 0 Å². The van der Waals surface area contributed by atoms with Gasteiger partial charge in [0.25, 0.3) is 0 Å². The van der Waals surface area contributed by atoms with Crippen molar-refractivity contribution in [1.29, 1.82) is 0 Å². The smallest absolute Gasteiger partial charge is 0.225 e. The van der Waals surface area contributed by atoms with Crippen LogP contribution >= 0.6 is 0 Å². The van der Waals surface area contributed by atoms with Crippen LogP contribution in [0, 0.1) is 17.0 Å². The largest absolute Gasteiger partial charge is 0.353 e. The molecule has 0 spiro atoms. The minimum Gasteiger partial charge on any atom is -0.353 e. The van der Waals surface area contributed by atoms with Gasteiger partial charge in [-0.1, -0.05) is 26.8 Å². The van der Waals surface area contributed by atoms with Gasteiger partial charge in [0.2, 0.25) is 5.91 Å². The zero-order valence-electron chi connectivity index (χ0n) is 13.5. The fourth-order valence-electron chi connectivity index (χ4n) is 2.53. The molecule has 3 nitrogen and oxygen atoms in total. The number of nitrogens with zero attached hydrogens (tertiary/aromatic N) is 1. The summed E-state index contributed by atoms with van der Waals surface area (Å²) in [6.07, 6.45) is 1.70. The number of benzene rings is 1. The van der Waals surface area contributed by atoms with Crippen LogP contribution in [0.2, 0.25) is 0 Å². The van der Waals surface area contributed by atoms with Crippen molar-refractivity contribution >= 4 is 5.91 Å². The summed E-state index contributed by atoms with van der Waals surface area (Å²) in [4.78, 5) is 14.1. The molecule has 0 radical (unpaired) electrons. The van der Waals surface area contributed by atoms with E-state index in [1.165, 1.54) is 12.1 Å². The number of hydrogen-bond donors (Lipinski definition) is 1. The number of carbonyl (C=O) groups is 1. The number of piperidine rings is 1. The van der Waals surface area contributed by atoms with E-state index in [1.54, 1.807) is 0 Å². The lowest BCUT2D eigenvalue weighted by molar-refractivity contribution is -0.129. The molecule has 1 aliphatic rings. The van der Waals surface area contributed by atoms with Gasteiger partial charge in [-0.3, -0.25) is 9.69 Å². The summed E-state index contributed by atoms with van der Waals surface area (Å²) in [6.45, 7) is 7.77. The lowest BCUT2D eigenvalue weighted by atomic mass is 9.94. The highest BCUT2D eigenvalue weighted by molar-refractivity contribution is 5.81. The van der Waals surface area contributed by atoms with E-state index >= 15 is 0 Å². The van der Waals surface area contributed by atoms with Crippen LogP contribution in [0.4, 0.5) is 8.78 Å². The van der Waals surface area contributed by atoms with Gasteiger partial charge in [-0.2, -0.15) is 0 Å². The second-order valence-corrected chi connectivity index (χ2v) is 7.01. The first-order valence-corrected chi connectivity index (χ1v) is 7.73. The number of rotatable bonds is 3. The molecule has 1 aromatic carbocycles. The summed E-state index contributed by atoms with van der Waals surface area (Å²) in [5.74, 6) is -0.983. The first kappa shape index (κ1) is 16.9. The van der Waals surface area contributed by atoms with Crippen LogP contribution in [0.3, 0.4) is 0 Å². The molecule has 1 heterocycles. The van der Waals surface area contributed by atoms with Crippen molar-refractivity contribution in [3.8, 4) is 0 Å². The summed E-state index contributed by atoms with van der Waals surface area (Å²) < 4.78 is 26.6. The van der Waals surface area contributed by atoms with Crippen molar-refractivity contribution in [3.05, 3.63) is 35.4 Å².